The van der Waals surface area contributed by atoms with Gasteiger partial charge in [-0.1, -0.05) is 17.7 Å². The van der Waals surface area contributed by atoms with Crippen LogP contribution in [0, 0.1) is 0 Å². The number of hydrogen-bond donors (Lipinski definition) is 2. The summed E-state index contributed by atoms with van der Waals surface area (Å²) in [5.74, 6) is -0.261. The predicted octanol–water partition coefficient (Wildman–Crippen LogP) is 3.20. The number of carbonyl (C=O) groups excluding carboxylic acids is 2. The van der Waals surface area contributed by atoms with E-state index >= 15 is 0 Å². The summed E-state index contributed by atoms with van der Waals surface area (Å²) < 4.78 is 5.53. The summed E-state index contributed by atoms with van der Waals surface area (Å²) in [6.45, 7) is 3.80. The molecule has 0 fully saturated rings. The molecule has 120 valence electrons. The van der Waals surface area contributed by atoms with Crippen LogP contribution in [0.25, 0.3) is 0 Å². The molecule has 0 saturated carbocycles. The van der Waals surface area contributed by atoms with Gasteiger partial charge in [-0.3, -0.25) is 20.4 Å². The number of halogens is 1. The van der Waals surface area contributed by atoms with Gasteiger partial charge in [-0.05, 0) is 56.3 Å². The van der Waals surface area contributed by atoms with Crippen molar-refractivity contribution in [3.8, 4) is 5.75 Å². The van der Waals surface area contributed by atoms with Gasteiger partial charge in [0.25, 0.3) is 11.8 Å². The maximum Gasteiger partial charge on any atom is 0.269 e. The standard InChI is InChI=1S/C17H17ClN2O3/c1-11(2)23-15-5-3-4-13(10-15)17(22)20-19-16(21)12-6-8-14(18)9-7-12/h3-11H,1-2H3,(H,19,21)(H,20,22). The first-order valence-corrected chi connectivity index (χ1v) is 7.46. The Kier molecular flexibility index (Phi) is 5.60. The summed E-state index contributed by atoms with van der Waals surface area (Å²) in [4.78, 5) is 24.0. The monoisotopic (exact) mass is 332 g/mol. The highest BCUT2D eigenvalue weighted by atomic mass is 35.5. The third-order valence-electron chi connectivity index (χ3n) is 2.86. The molecule has 0 heterocycles. The van der Waals surface area contributed by atoms with Crippen molar-refractivity contribution in [3.63, 3.8) is 0 Å². The number of rotatable bonds is 4. The van der Waals surface area contributed by atoms with Gasteiger partial charge < -0.3 is 4.74 Å². The molecule has 0 aliphatic rings. The van der Waals surface area contributed by atoms with Crippen LogP contribution in [-0.2, 0) is 0 Å². The van der Waals surface area contributed by atoms with E-state index < -0.39 is 11.8 Å². The highest BCUT2D eigenvalue weighted by molar-refractivity contribution is 6.30. The molecule has 2 aromatic rings. The molecule has 0 aromatic heterocycles. The molecule has 0 saturated heterocycles. The van der Waals surface area contributed by atoms with Crippen molar-refractivity contribution in [1.29, 1.82) is 0 Å². The summed E-state index contributed by atoms with van der Waals surface area (Å²) >= 11 is 5.76. The van der Waals surface area contributed by atoms with Crippen molar-refractivity contribution in [3.05, 3.63) is 64.7 Å². The third kappa shape index (κ3) is 5.00. The molecular weight excluding hydrogens is 316 g/mol. The van der Waals surface area contributed by atoms with E-state index in [2.05, 4.69) is 10.9 Å². The van der Waals surface area contributed by atoms with Crippen LogP contribution in [0.2, 0.25) is 5.02 Å². The number of hydrazine groups is 1. The lowest BCUT2D eigenvalue weighted by Crippen LogP contribution is -2.41. The zero-order valence-corrected chi connectivity index (χ0v) is 13.6. The number of benzene rings is 2. The summed E-state index contributed by atoms with van der Waals surface area (Å²) in [6.07, 6.45) is 0.0120. The van der Waals surface area contributed by atoms with Gasteiger partial charge in [0.05, 0.1) is 6.10 Å². The molecule has 0 aliphatic carbocycles. The normalized spacial score (nSPS) is 10.3. The van der Waals surface area contributed by atoms with Crippen LogP contribution in [0.1, 0.15) is 34.6 Å². The predicted molar refractivity (Wildman–Crippen MR) is 88.6 cm³/mol. The molecule has 0 unspecified atom stereocenters. The van der Waals surface area contributed by atoms with E-state index in [0.29, 0.717) is 21.9 Å². The maximum atomic E-state index is 12.1. The molecule has 2 rings (SSSR count). The number of nitrogens with one attached hydrogen (secondary N) is 2. The Morgan fingerprint density at radius 2 is 1.57 bits per heavy atom. The largest absolute Gasteiger partial charge is 0.491 e. The Bertz CT molecular complexity index is 699. The zero-order chi connectivity index (χ0) is 16.8. The Labute approximate surface area is 139 Å². The van der Waals surface area contributed by atoms with Crippen LogP contribution < -0.4 is 15.6 Å². The van der Waals surface area contributed by atoms with Crippen molar-refractivity contribution in [2.24, 2.45) is 0 Å². The maximum absolute atomic E-state index is 12.1. The van der Waals surface area contributed by atoms with Crippen molar-refractivity contribution in [2.75, 3.05) is 0 Å². The van der Waals surface area contributed by atoms with Gasteiger partial charge in [0.15, 0.2) is 0 Å². The smallest absolute Gasteiger partial charge is 0.269 e. The first-order valence-electron chi connectivity index (χ1n) is 7.08. The van der Waals surface area contributed by atoms with Gasteiger partial charge in [-0.2, -0.15) is 0 Å². The van der Waals surface area contributed by atoms with Crippen molar-refractivity contribution in [1.82, 2.24) is 10.9 Å². The quantitative estimate of drug-likeness (QED) is 0.845. The second-order valence-electron chi connectivity index (χ2n) is 5.11. The number of amides is 2. The van der Waals surface area contributed by atoms with Gasteiger partial charge >= 0.3 is 0 Å². The molecule has 5 nitrogen and oxygen atoms in total. The van der Waals surface area contributed by atoms with E-state index in [1.54, 1.807) is 48.5 Å². The van der Waals surface area contributed by atoms with E-state index in [0.717, 1.165) is 0 Å². The fraction of sp³-hybridized carbons (Fsp3) is 0.176. The summed E-state index contributed by atoms with van der Waals surface area (Å²) in [5, 5.41) is 0.535. The van der Waals surface area contributed by atoms with Crippen LogP contribution in [0.5, 0.6) is 5.75 Å². The molecular formula is C17H17ClN2O3. The molecule has 0 atom stereocenters. The minimum atomic E-state index is -0.429. The molecule has 23 heavy (non-hydrogen) atoms. The molecule has 0 aliphatic heterocycles. The van der Waals surface area contributed by atoms with Crippen LogP contribution in [-0.4, -0.2) is 17.9 Å². The molecule has 0 bridgehead atoms. The van der Waals surface area contributed by atoms with E-state index in [4.69, 9.17) is 16.3 Å². The minimum Gasteiger partial charge on any atom is -0.491 e. The van der Waals surface area contributed by atoms with Gasteiger partial charge in [-0.25, -0.2) is 0 Å². The van der Waals surface area contributed by atoms with E-state index in [1.807, 2.05) is 13.8 Å². The lowest BCUT2D eigenvalue weighted by Gasteiger charge is -2.11. The fourth-order valence-electron chi connectivity index (χ4n) is 1.84. The first kappa shape index (κ1) is 16.8. The highest BCUT2D eigenvalue weighted by Gasteiger charge is 2.10. The molecule has 2 amide bonds. The average Bonchev–Trinajstić information content (AvgIpc) is 2.52. The lowest BCUT2D eigenvalue weighted by molar-refractivity contribution is 0.0846. The second kappa shape index (κ2) is 7.65. The number of carbonyl (C=O) groups is 2. The summed E-state index contributed by atoms with van der Waals surface area (Å²) in [5.41, 5.74) is 5.50. The van der Waals surface area contributed by atoms with Crippen LogP contribution in [0.3, 0.4) is 0 Å². The first-order chi connectivity index (χ1) is 11.0. The van der Waals surface area contributed by atoms with Gasteiger partial charge in [0.1, 0.15) is 5.75 Å². The summed E-state index contributed by atoms with van der Waals surface area (Å²) in [6, 6.07) is 13.1. The van der Waals surface area contributed by atoms with Crippen LogP contribution in [0.15, 0.2) is 48.5 Å². The molecule has 2 aromatic carbocycles. The van der Waals surface area contributed by atoms with E-state index in [-0.39, 0.29) is 6.10 Å². The Morgan fingerprint density at radius 3 is 2.17 bits per heavy atom. The lowest BCUT2D eigenvalue weighted by atomic mass is 10.2. The van der Waals surface area contributed by atoms with Crippen LogP contribution >= 0.6 is 11.6 Å². The minimum absolute atomic E-state index is 0.0120. The highest BCUT2D eigenvalue weighted by Crippen LogP contribution is 2.14. The Morgan fingerprint density at radius 1 is 0.957 bits per heavy atom. The molecule has 2 N–H and O–H groups in total. The number of ether oxygens (including phenoxy) is 1. The van der Waals surface area contributed by atoms with Gasteiger partial charge in [0, 0.05) is 16.1 Å². The van der Waals surface area contributed by atoms with E-state index in [1.165, 1.54) is 0 Å². The van der Waals surface area contributed by atoms with Crippen molar-refractivity contribution >= 4 is 23.4 Å². The molecule has 0 radical (unpaired) electrons. The molecule has 6 heteroatoms. The Hall–Kier alpha value is -2.53. The van der Waals surface area contributed by atoms with Crippen molar-refractivity contribution < 1.29 is 14.3 Å². The summed E-state index contributed by atoms with van der Waals surface area (Å²) in [7, 11) is 0. The van der Waals surface area contributed by atoms with Crippen LogP contribution in [0.4, 0.5) is 0 Å². The van der Waals surface area contributed by atoms with Crippen molar-refractivity contribution in [2.45, 2.75) is 20.0 Å². The average molecular weight is 333 g/mol. The Balaban J connectivity index is 1.96. The van der Waals surface area contributed by atoms with E-state index in [9.17, 15) is 9.59 Å². The van der Waals surface area contributed by atoms with Gasteiger partial charge in [0.2, 0.25) is 0 Å². The third-order valence-corrected chi connectivity index (χ3v) is 3.12. The topological polar surface area (TPSA) is 67.4 Å². The SMILES string of the molecule is CC(C)Oc1cccc(C(=O)NNC(=O)c2ccc(Cl)cc2)c1. The second-order valence-corrected chi connectivity index (χ2v) is 5.55. The fourth-order valence-corrected chi connectivity index (χ4v) is 1.97. The van der Waals surface area contributed by atoms with Gasteiger partial charge in [-0.15, -0.1) is 0 Å². The molecule has 0 spiro atoms. The zero-order valence-electron chi connectivity index (χ0n) is 12.8. The number of hydrogen-bond acceptors (Lipinski definition) is 3.